The lowest BCUT2D eigenvalue weighted by atomic mass is 9.49. The summed E-state index contributed by atoms with van der Waals surface area (Å²) in [6.45, 7) is 2.22. The van der Waals surface area contributed by atoms with Crippen LogP contribution in [0.5, 0.6) is 0 Å². The molecule has 0 unspecified atom stereocenters. The van der Waals surface area contributed by atoms with E-state index >= 15 is 0 Å². The molecule has 1 heterocycles. The first kappa shape index (κ1) is 15.8. The molecule has 2 bridgehead atoms. The van der Waals surface area contributed by atoms with Crippen LogP contribution in [0.4, 0.5) is 0 Å². The van der Waals surface area contributed by atoms with Crippen molar-refractivity contribution in [2.75, 3.05) is 13.1 Å². The number of aliphatic hydroxyl groups is 1. The maximum Gasteiger partial charge on any atom is 0.248 e. The maximum absolute atomic E-state index is 12.0. The Kier molecular flexibility index (Phi) is 3.36. The van der Waals surface area contributed by atoms with Gasteiger partial charge in [0.25, 0.3) is 0 Å². The lowest BCUT2D eigenvalue weighted by Crippen LogP contribution is -2.72. The molecule has 3 N–H and O–H groups in total. The zero-order valence-electron chi connectivity index (χ0n) is 14.8. The van der Waals surface area contributed by atoms with Crippen molar-refractivity contribution in [2.45, 2.75) is 68.4 Å². The second kappa shape index (κ2) is 5.31. The molecule has 25 heavy (non-hydrogen) atoms. The number of fused-ring (bicyclic) bond motifs is 1. The Bertz CT molecular complexity index is 729. The summed E-state index contributed by atoms with van der Waals surface area (Å²) in [7, 11) is 0. The molecule has 1 amide bonds. The molecule has 1 aromatic rings. The van der Waals surface area contributed by atoms with E-state index in [1.165, 1.54) is 24.0 Å². The lowest BCUT2D eigenvalue weighted by Gasteiger charge is -2.64. The van der Waals surface area contributed by atoms with Gasteiger partial charge >= 0.3 is 0 Å². The van der Waals surface area contributed by atoms with Crippen molar-refractivity contribution >= 4 is 5.91 Å². The smallest absolute Gasteiger partial charge is 0.248 e. The Morgan fingerprint density at radius 2 is 2.04 bits per heavy atom. The number of hydrogen-bond acceptors (Lipinski definition) is 3. The topological polar surface area (TPSA) is 66.6 Å². The minimum atomic E-state index is -0.651. The summed E-state index contributed by atoms with van der Waals surface area (Å²) in [5, 5.41) is 12.0. The molecule has 4 nitrogen and oxygen atoms in total. The fraction of sp³-hybridized carbons (Fsp3) is 0.667. The van der Waals surface area contributed by atoms with Crippen LogP contribution in [-0.2, 0) is 11.8 Å². The van der Waals surface area contributed by atoms with Crippen LogP contribution in [0.3, 0.4) is 0 Å². The monoisotopic (exact) mass is 340 g/mol. The summed E-state index contributed by atoms with van der Waals surface area (Å²) >= 11 is 0. The van der Waals surface area contributed by atoms with Crippen LogP contribution >= 0.6 is 0 Å². The van der Waals surface area contributed by atoms with Crippen molar-refractivity contribution < 1.29 is 9.90 Å². The highest BCUT2D eigenvalue weighted by molar-refractivity contribution is 5.93. The van der Waals surface area contributed by atoms with E-state index in [1.807, 2.05) is 12.1 Å². The van der Waals surface area contributed by atoms with Gasteiger partial charge in [-0.05, 0) is 74.2 Å². The Balaban J connectivity index is 1.63. The highest BCUT2D eigenvalue weighted by atomic mass is 16.3. The second-order valence-electron chi connectivity index (χ2n) is 8.86. The van der Waals surface area contributed by atoms with Crippen LogP contribution in [-0.4, -0.2) is 40.6 Å². The second-order valence-corrected chi connectivity index (χ2v) is 8.86. The van der Waals surface area contributed by atoms with Crippen LogP contribution in [0.25, 0.3) is 0 Å². The van der Waals surface area contributed by atoms with Gasteiger partial charge in [0.15, 0.2) is 0 Å². The molecular formula is C21H28N2O2. The molecule has 1 aromatic carbocycles. The molecule has 5 rings (SSSR count). The SMILES string of the molecule is NC(=O)c1ccc2c(c1)[C@@]13CCCC[C@@]1(O)[C@@H](C2)N(CC1CC1)CC3. The average Bonchev–Trinajstić information content (AvgIpc) is 3.40. The maximum atomic E-state index is 12.0. The number of nitrogens with two attached hydrogens (primary N) is 1. The van der Waals surface area contributed by atoms with E-state index in [4.69, 9.17) is 5.73 Å². The Morgan fingerprint density at radius 3 is 2.80 bits per heavy atom. The first-order valence-electron chi connectivity index (χ1n) is 9.93. The molecule has 0 radical (unpaired) electrons. The minimum Gasteiger partial charge on any atom is -0.387 e. The highest BCUT2D eigenvalue weighted by Crippen LogP contribution is 2.58. The Hall–Kier alpha value is -1.39. The van der Waals surface area contributed by atoms with Gasteiger partial charge in [0.1, 0.15) is 0 Å². The van der Waals surface area contributed by atoms with Crippen LogP contribution in [0, 0.1) is 5.92 Å². The number of primary amides is 1. The van der Waals surface area contributed by atoms with E-state index in [0.717, 1.165) is 57.5 Å². The Labute approximate surface area is 149 Å². The van der Waals surface area contributed by atoms with E-state index in [2.05, 4.69) is 11.0 Å². The molecule has 0 spiro atoms. The molecule has 0 aromatic heterocycles. The fourth-order valence-electron chi connectivity index (χ4n) is 6.11. The third-order valence-corrected chi connectivity index (χ3v) is 7.57. The molecule has 1 saturated heterocycles. The minimum absolute atomic E-state index is 0.186. The first-order chi connectivity index (χ1) is 12.0. The first-order valence-corrected chi connectivity index (χ1v) is 9.93. The van der Waals surface area contributed by atoms with Crippen molar-refractivity contribution in [2.24, 2.45) is 11.7 Å². The number of rotatable bonds is 3. The fourth-order valence-corrected chi connectivity index (χ4v) is 6.11. The van der Waals surface area contributed by atoms with E-state index in [1.54, 1.807) is 0 Å². The third kappa shape index (κ3) is 2.16. The van der Waals surface area contributed by atoms with Gasteiger partial charge < -0.3 is 10.8 Å². The van der Waals surface area contributed by atoms with Crippen molar-refractivity contribution in [3.8, 4) is 0 Å². The van der Waals surface area contributed by atoms with Gasteiger partial charge in [-0.25, -0.2) is 0 Å². The van der Waals surface area contributed by atoms with Crippen LogP contribution in [0.2, 0.25) is 0 Å². The summed E-state index contributed by atoms with van der Waals surface area (Å²) in [5.74, 6) is 0.477. The molecule has 4 heteroatoms. The number of hydrogen-bond donors (Lipinski definition) is 2. The predicted molar refractivity (Wildman–Crippen MR) is 96.5 cm³/mol. The molecule has 134 valence electrons. The van der Waals surface area contributed by atoms with Crippen molar-refractivity contribution in [1.82, 2.24) is 4.90 Å². The summed E-state index contributed by atoms with van der Waals surface area (Å²) < 4.78 is 0. The largest absolute Gasteiger partial charge is 0.387 e. The standard InChI is InChI=1S/C21H28N2O2/c22-19(24)16-6-5-15-12-18-21(25)8-2-1-7-20(21,17(15)11-16)9-10-23(18)13-14-3-4-14/h5-6,11,14,18,25H,1-4,7-10,12-13H2,(H2,22,24)/t18-,20+,21-/m1/s1. The third-order valence-electron chi connectivity index (χ3n) is 7.57. The van der Waals surface area contributed by atoms with Gasteiger partial charge in [0.05, 0.1) is 5.60 Å². The number of carbonyl (C=O) groups is 1. The van der Waals surface area contributed by atoms with Crippen molar-refractivity contribution in [3.05, 3.63) is 34.9 Å². The van der Waals surface area contributed by atoms with Gasteiger partial charge in [0, 0.05) is 23.6 Å². The van der Waals surface area contributed by atoms with E-state index < -0.39 is 5.60 Å². The number of likely N-dealkylation sites (tertiary alicyclic amines) is 1. The van der Waals surface area contributed by atoms with Gasteiger partial charge in [-0.15, -0.1) is 0 Å². The molecule has 4 aliphatic rings. The van der Waals surface area contributed by atoms with Crippen LogP contribution in [0.15, 0.2) is 18.2 Å². The van der Waals surface area contributed by atoms with E-state index in [9.17, 15) is 9.90 Å². The van der Waals surface area contributed by atoms with Crippen LogP contribution in [0.1, 0.15) is 66.4 Å². The summed E-state index contributed by atoms with van der Waals surface area (Å²) in [6.07, 6.45) is 8.80. The van der Waals surface area contributed by atoms with Crippen molar-refractivity contribution in [1.29, 1.82) is 0 Å². The van der Waals surface area contributed by atoms with Gasteiger partial charge in [-0.1, -0.05) is 18.9 Å². The van der Waals surface area contributed by atoms with Gasteiger partial charge in [0.2, 0.25) is 5.91 Å². The summed E-state index contributed by atoms with van der Waals surface area (Å²) in [4.78, 5) is 14.3. The summed E-state index contributed by atoms with van der Waals surface area (Å²) in [6, 6.07) is 6.19. The van der Waals surface area contributed by atoms with Crippen LogP contribution < -0.4 is 5.73 Å². The van der Waals surface area contributed by atoms with Gasteiger partial charge in [-0.3, -0.25) is 9.69 Å². The van der Waals surface area contributed by atoms with E-state index in [0.29, 0.717) is 5.56 Å². The molecule has 3 atom stereocenters. The van der Waals surface area contributed by atoms with E-state index in [-0.39, 0.29) is 17.4 Å². The number of carbonyl (C=O) groups excluding carboxylic acids is 1. The lowest BCUT2D eigenvalue weighted by molar-refractivity contribution is -0.166. The quantitative estimate of drug-likeness (QED) is 0.888. The molecular weight excluding hydrogens is 312 g/mol. The number of benzene rings is 1. The average molecular weight is 340 g/mol. The predicted octanol–water partition coefficient (Wildman–Crippen LogP) is 2.37. The number of piperidine rings is 1. The normalized spacial score (nSPS) is 37.2. The zero-order valence-corrected chi connectivity index (χ0v) is 14.8. The molecule has 3 aliphatic carbocycles. The van der Waals surface area contributed by atoms with Gasteiger partial charge in [-0.2, -0.15) is 0 Å². The summed E-state index contributed by atoms with van der Waals surface area (Å²) in [5.41, 5.74) is 7.83. The highest BCUT2D eigenvalue weighted by Gasteiger charge is 2.63. The molecule has 2 saturated carbocycles. The molecule has 3 fully saturated rings. The van der Waals surface area contributed by atoms with Crippen molar-refractivity contribution in [3.63, 3.8) is 0 Å². The molecule has 1 aliphatic heterocycles. The zero-order chi connectivity index (χ0) is 17.2. The Morgan fingerprint density at radius 1 is 1.24 bits per heavy atom. The number of amides is 1. The number of nitrogens with zero attached hydrogens (tertiary/aromatic N) is 1.